The molecule has 3 heterocycles. The van der Waals surface area contributed by atoms with E-state index in [-0.39, 0.29) is 11.6 Å². The Hall–Kier alpha value is -3.32. The lowest BCUT2D eigenvalue weighted by molar-refractivity contribution is 0.149. The molecule has 1 fully saturated rings. The van der Waals surface area contributed by atoms with Crippen LogP contribution >= 0.6 is 0 Å². The second-order valence-electron chi connectivity index (χ2n) is 9.34. The van der Waals surface area contributed by atoms with Gasteiger partial charge in [0.05, 0.1) is 12.1 Å². The highest BCUT2D eigenvalue weighted by Gasteiger charge is 2.32. The molecule has 0 unspecified atom stereocenters. The number of hydrogen-bond donors (Lipinski definition) is 1. The van der Waals surface area contributed by atoms with Gasteiger partial charge in [-0.05, 0) is 78.9 Å². The monoisotopic (exact) mass is 442 g/mol. The van der Waals surface area contributed by atoms with Gasteiger partial charge in [0.15, 0.2) is 5.82 Å². The van der Waals surface area contributed by atoms with Gasteiger partial charge >= 0.3 is 0 Å². The van der Waals surface area contributed by atoms with Gasteiger partial charge < -0.3 is 4.98 Å². The van der Waals surface area contributed by atoms with Crippen molar-refractivity contribution in [1.29, 1.82) is 0 Å². The number of pyridine rings is 1. The van der Waals surface area contributed by atoms with Crippen LogP contribution in [0.5, 0.6) is 0 Å². The highest BCUT2D eigenvalue weighted by molar-refractivity contribution is 5.85. The van der Waals surface area contributed by atoms with Crippen molar-refractivity contribution in [2.45, 2.75) is 46.2 Å². The maximum atomic E-state index is 13.4. The van der Waals surface area contributed by atoms with E-state index in [4.69, 9.17) is 0 Å². The molecule has 1 saturated heterocycles. The van der Waals surface area contributed by atoms with Gasteiger partial charge in [0.2, 0.25) is 0 Å². The van der Waals surface area contributed by atoms with Gasteiger partial charge in [-0.2, -0.15) is 0 Å². The van der Waals surface area contributed by atoms with E-state index in [0.29, 0.717) is 23.9 Å². The molecule has 0 spiro atoms. The molecule has 170 valence electrons. The lowest BCUT2D eigenvalue weighted by atomic mass is 9.94. The molecule has 1 atom stereocenters. The van der Waals surface area contributed by atoms with Crippen molar-refractivity contribution in [1.82, 2.24) is 30.1 Å². The first-order chi connectivity index (χ1) is 16.0. The molecule has 1 aliphatic rings. The Labute approximate surface area is 193 Å². The molecule has 5 rings (SSSR count). The van der Waals surface area contributed by atoms with Gasteiger partial charge in [0.1, 0.15) is 6.04 Å². The van der Waals surface area contributed by atoms with Crippen LogP contribution in [0.1, 0.15) is 53.9 Å². The van der Waals surface area contributed by atoms with Crippen molar-refractivity contribution in [2.75, 3.05) is 13.1 Å². The highest BCUT2D eigenvalue weighted by atomic mass is 16.1. The summed E-state index contributed by atoms with van der Waals surface area (Å²) in [6.07, 6.45) is 2.20. The fourth-order valence-electron chi connectivity index (χ4n) is 4.86. The summed E-state index contributed by atoms with van der Waals surface area (Å²) in [5.41, 5.74) is 4.86. The summed E-state index contributed by atoms with van der Waals surface area (Å²) in [4.78, 5) is 19.0. The lowest BCUT2D eigenvalue weighted by Crippen LogP contribution is -2.40. The lowest BCUT2D eigenvalue weighted by Gasteiger charge is -2.36. The molecule has 0 aliphatic carbocycles. The number of tetrazole rings is 1. The number of nitrogens with one attached hydrogen (secondary N) is 1. The zero-order chi connectivity index (χ0) is 22.9. The number of H-pyrrole nitrogens is 1. The van der Waals surface area contributed by atoms with Crippen molar-refractivity contribution in [3.63, 3.8) is 0 Å². The van der Waals surface area contributed by atoms with E-state index in [0.717, 1.165) is 53.5 Å². The third-order valence-corrected chi connectivity index (χ3v) is 6.93. The fourth-order valence-corrected chi connectivity index (χ4v) is 4.86. The molecule has 7 nitrogen and oxygen atoms in total. The summed E-state index contributed by atoms with van der Waals surface area (Å²) < 4.78 is 1.84. The van der Waals surface area contributed by atoms with E-state index < -0.39 is 0 Å². The number of rotatable bonds is 5. The van der Waals surface area contributed by atoms with Crippen molar-refractivity contribution in [3.8, 4) is 0 Å². The topological polar surface area (TPSA) is 79.7 Å². The fraction of sp³-hybridized carbons (Fsp3) is 0.385. The van der Waals surface area contributed by atoms with Crippen LogP contribution in [0, 0.1) is 19.8 Å². The Balaban J connectivity index is 1.64. The zero-order valence-corrected chi connectivity index (χ0v) is 19.5. The molecule has 2 aromatic carbocycles. The minimum absolute atomic E-state index is 0.0749. The molecule has 1 N–H and O–H groups in total. The van der Waals surface area contributed by atoms with Crippen molar-refractivity contribution < 1.29 is 0 Å². The molecule has 0 bridgehead atoms. The third-order valence-electron chi connectivity index (χ3n) is 6.93. The van der Waals surface area contributed by atoms with Crippen LogP contribution in [0.3, 0.4) is 0 Å². The summed E-state index contributed by atoms with van der Waals surface area (Å²) in [6, 6.07) is 16.1. The van der Waals surface area contributed by atoms with E-state index in [2.05, 4.69) is 69.6 Å². The van der Waals surface area contributed by atoms with E-state index in [1.807, 2.05) is 29.8 Å². The van der Waals surface area contributed by atoms with Crippen molar-refractivity contribution in [2.24, 2.45) is 5.92 Å². The van der Waals surface area contributed by atoms with E-state index in [1.165, 1.54) is 0 Å². The molecule has 33 heavy (non-hydrogen) atoms. The Bertz CT molecular complexity index is 1320. The molecule has 7 heteroatoms. The van der Waals surface area contributed by atoms with Crippen LogP contribution in [0.15, 0.2) is 53.3 Å². The predicted molar refractivity (Wildman–Crippen MR) is 129 cm³/mol. The largest absolute Gasteiger partial charge is 0.321 e. The molecule has 1 aliphatic heterocycles. The number of nitrogens with zero attached hydrogens (tertiary/aromatic N) is 5. The molecule has 0 radical (unpaired) electrons. The summed E-state index contributed by atoms with van der Waals surface area (Å²) in [7, 11) is 0. The Morgan fingerprint density at radius 2 is 1.79 bits per heavy atom. The van der Waals surface area contributed by atoms with Crippen LogP contribution in [-0.2, 0) is 6.54 Å². The third kappa shape index (κ3) is 4.20. The van der Waals surface area contributed by atoms with Crippen LogP contribution in [0.4, 0.5) is 0 Å². The van der Waals surface area contributed by atoms with Gasteiger partial charge in [-0.25, -0.2) is 4.68 Å². The van der Waals surface area contributed by atoms with E-state index >= 15 is 0 Å². The van der Waals surface area contributed by atoms with Gasteiger partial charge in [-0.3, -0.25) is 9.69 Å². The number of aryl methyl sites for hydroxylation is 2. The number of fused-ring (bicyclic) bond motifs is 1. The maximum absolute atomic E-state index is 13.4. The van der Waals surface area contributed by atoms with Crippen molar-refractivity contribution >= 4 is 10.9 Å². The van der Waals surface area contributed by atoms with E-state index in [9.17, 15) is 4.79 Å². The standard InChI is InChI=1S/C26H30N6O/c1-17-11-13-31(14-12-17)24(25-28-29-30-32(25)16-20-7-5-4-6-8-20)22-15-21-18(2)9-10-19(3)23(21)27-26(22)33/h4-10,15,17,24H,11-14,16H2,1-3H3,(H,27,33)/t24-/m1/s1. The Morgan fingerprint density at radius 3 is 2.55 bits per heavy atom. The Kier molecular flexibility index (Phi) is 5.81. The first-order valence-corrected chi connectivity index (χ1v) is 11.7. The molecule has 0 saturated carbocycles. The first-order valence-electron chi connectivity index (χ1n) is 11.7. The minimum Gasteiger partial charge on any atom is -0.321 e. The van der Waals surface area contributed by atoms with Crippen LogP contribution in [-0.4, -0.2) is 43.2 Å². The smallest absolute Gasteiger partial charge is 0.253 e. The average molecular weight is 443 g/mol. The second kappa shape index (κ2) is 8.90. The van der Waals surface area contributed by atoms with Crippen molar-refractivity contribution in [3.05, 3.63) is 87.0 Å². The Morgan fingerprint density at radius 1 is 1.06 bits per heavy atom. The predicted octanol–water partition coefficient (Wildman–Crippen LogP) is 4.00. The number of hydrogen-bond acceptors (Lipinski definition) is 5. The quantitative estimate of drug-likeness (QED) is 0.505. The van der Waals surface area contributed by atoms with Gasteiger partial charge in [-0.1, -0.05) is 49.4 Å². The number of aromatic nitrogens is 5. The molecule has 4 aromatic rings. The first kappa shape index (κ1) is 21.5. The molecular formula is C26H30N6O. The minimum atomic E-state index is -0.302. The number of aromatic amines is 1. The summed E-state index contributed by atoms with van der Waals surface area (Å²) in [5.74, 6) is 1.39. The SMILES string of the molecule is Cc1ccc(C)c2[nH]c(=O)c([C@H](c3nnnn3Cc3ccccc3)N3CCC(C)CC3)cc12. The number of likely N-dealkylation sites (tertiary alicyclic amines) is 1. The average Bonchev–Trinajstić information content (AvgIpc) is 3.27. The molecule has 2 aromatic heterocycles. The van der Waals surface area contributed by atoms with Crippen LogP contribution < -0.4 is 5.56 Å². The zero-order valence-electron chi connectivity index (χ0n) is 19.5. The number of benzene rings is 2. The second-order valence-corrected chi connectivity index (χ2v) is 9.34. The van der Waals surface area contributed by atoms with Gasteiger partial charge in [-0.15, -0.1) is 5.10 Å². The van der Waals surface area contributed by atoms with Crippen LogP contribution in [0.2, 0.25) is 0 Å². The molecular weight excluding hydrogens is 412 g/mol. The summed E-state index contributed by atoms with van der Waals surface area (Å²) in [5, 5.41) is 13.9. The van der Waals surface area contributed by atoms with Crippen LogP contribution in [0.25, 0.3) is 10.9 Å². The van der Waals surface area contributed by atoms with E-state index in [1.54, 1.807) is 0 Å². The summed E-state index contributed by atoms with van der Waals surface area (Å²) in [6.45, 7) is 8.79. The maximum Gasteiger partial charge on any atom is 0.253 e. The normalized spacial score (nSPS) is 16.3. The molecule has 0 amide bonds. The highest BCUT2D eigenvalue weighted by Crippen LogP contribution is 2.31. The number of piperidine rings is 1. The van der Waals surface area contributed by atoms with Gasteiger partial charge in [0, 0.05) is 10.9 Å². The summed E-state index contributed by atoms with van der Waals surface area (Å²) >= 11 is 0. The van der Waals surface area contributed by atoms with Gasteiger partial charge in [0.25, 0.3) is 5.56 Å².